The molecule has 8 aromatic rings. The van der Waals surface area contributed by atoms with E-state index in [0.717, 1.165) is 78.3 Å². The van der Waals surface area contributed by atoms with E-state index in [0.29, 0.717) is 22.9 Å². The summed E-state index contributed by atoms with van der Waals surface area (Å²) in [5.41, 5.74) is 7.90. The summed E-state index contributed by atoms with van der Waals surface area (Å²) in [6.45, 7) is 0. The molecule has 3 heterocycles. The van der Waals surface area contributed by atoms with E-state index in [4.69, 9.17) is 23.8 Å². The lowest BCUT2D eigenvalue weighted by Crippen LogP contribution is -2.48. The van der Waals surface area contributed by atoms with Gasteiger partial charge in [0.05, 0.1) is 5.56 Å². The number of nitrogens with zero attached hydrogens (tertiary/aromatic N) is 3. The van der Waals surface area contributed by atoms with E-state index in [-0.39, 0.29) is 0 Å². The Morgan fingerprint density at radius 1 is 0.479 bits per heavy atom. The maximum absolute atomic E-state index is 6.44. The average molecular weight is 624 g/mol. The number of hydrogen-bond acceptors (Lipinski definition) is 5. The molecule has 5 aromatic carbocycles. The Balaban J connectivity index is 1.07. The molecule has 5 heteroatoms. The van der Waals surface area contributed by atoms with Crippen LogP contribution in [0.4, 0.5) is 0 Å². The summed E-state index contributed by atoms with van der Waals surface area (Å²) in [7, 11) is 0. The highest BCUT2D eigenvalue weighted by Crippen LogP contribution is 2.60. The summed E-state index contributed by atoms with van der Waals surface area (Å²) in [5.74, 6) is 4.59. The van der Waals surface area contributed by atoms with E-state index < -0.39 is 0 Å². The first-order valence-electron chi connectivity index (χ1n) is 17.4. The zero-order chi connectivity index (χ0) is 31.4. The van der Waals surface area contributed by atoms with Crippen molar-refractivity contribution in [1.29, 1.82) is 0 Å². The van der Waals surface area contributed by atoms with Gasteiger partial charge in [0.25, 0.3) is 0 Å². The molecule has 0 radical (unpaired) electrons. The van der Waals surface area contributed by atoms with Gasteiger partial charge in [0.2, 0.25) is 0 Å². The monoisotopic (exact) mass is 623 g/mol. The predicted molar refractivity (Wildman–Crippen MR) is 191 cm³/mol. The molecule has 232 valence electrons. The van der Waals surface area contributed by atoms with Gasteiger partial charge in [0.15, 0.2) is 17.5 Å². The quantitative estimate of drug-likeness (QED) is 0.195. The first kappa shape index (κ1) is 26.7. The second-order valence-corrected chi connectivity index (χ2v) is 14.7. The highest BCUT2D eigenvalue weighted by molar-refractivity contribution is 6.09. The molecular formula is C43H33N3O2. The molecule has 0 atom stereocenters. The highest BCUT2D eigenvalue weighted by Gasteiger charge is 2.51. The highest BCUT2D eigenvalue weighted by atomic mass is 16.3. The molecule has 4 aliphatic carbocycles. The zero-order valence-electron chi connectivity index (χ0n) is 26.5. The number of aromatic nitrogens is 3. The molecule has 4 bridgehead atoms. The topological polar surface area (TPSA) is 65.0 Å². The van der Waals surface area contributed by atoms with Crippen LogP contribution in [0.3, 0.4) is 0 Å². The summed E-state index contributed by atoms with van der Waals surface area (Å²) in [6, 6.07) is 38.0. The molecule has 0 N–H and O–H groups in total. The van der Waals surface area contributed by atoms with Crippen molar-refractivity contribution in [3.05, 3.63) is 115 Å². The number of para-hydroxylation sites is 3. The normalized spacial score (nSPS) is 23.2. The first-order chi connectivity index (χ1) is 23.7. The molecule has 12 rings (SSSR count). The van der Waals surface area contributed by atoms with Crippen molar-refractivity contribution < 1.29 is 8.83 Å². The zero-order valence-corrected chi connectivity index (χ0v) is 26.5. The van der Waals surface area contributed by atoms with Crippen LogP contribution < -0.4 is 0 Å². The molecule has 0 unspecified atom stereocenters. The van der Waals surface area contributed by atoms with Crippen molar-refractivity contribution in [3.63, 3.8) is 0 Å². The van der Waals surface area contributed by atoms with E-state index in [2.05, 4.69) is 66.7 Å². The van der Waals surface area contributed by atoms with E-state index in [1.54, 1.807) is 0 Å². The largest absolute Gasteiger partial charge is 0.456 e. The van der Waals surface area contributed by atoms with E-state index >= 15 is 0 Å². The van der Waals surface area contributed by atoms with Gasteiger partial charge < -0.3 is 8.83 Å². The molecule has 0 spiro atoms. The second kappa shape index (κ2) is 9.86. The van der Waals surface area contributed by atoms with Crippen LogP contribution in [-0.2, 0) is 5.41 Å². The van der Waals surface area contributed by atoms with Crippen LogP contribution >= 0.6 is 0 Å². The summed E-state index contributed by atoms with van der Waals surface area (Å²) < 4.78 is 12.7. The van der Waals surface area contributed by atoms with Crippen molar-refractivity contribution in [1.82, 2.24) is 15.0 Å². The molecule has 4 aliphatic rings. The third-order valence-corrected chi connectivity index (χ3v) is 11.7. The maximum atomic E-state index is 6.44. The minimum atomic E-state index is 0.349. The van der Waals surface area contributed by atoms with Gasteiger partial charge in [-0.25, -0.2) is 15.0 Å². The number of hydrogen-bond donors (Lipinski definition) is 0. The van der Waals surface area contributed by atoms with Crippen molar-refractivity contribution in [2.75, 3.05) is 0 Å². The van der Waals surface area contributed by atoms with Gasteiger partial charge >= 0.3 is 0 Å². The Morgan fingerprint density at radius 2 is 1.04 bits per heavy atom. The molecule has 0 saturated heterocycles. The number of rotatable bonds is 4. The standard InChI is InChI=1S/C43H33N3O2/c1-3-10-36-31(6-1)33-17-14-29(21-38(33)47-36)41-44-40(28-12-15-30(16-13-28)43-22-25-18-26(23-43)20-27(19-25)24-43)45-42(46-41)35-9-5-8-34-32-7-2-4-11-37(32)48-39(34)35/h1-17,21,25-27H,18-20,22-24H2. The maximum Gasteiger partial charge on any atom is 0.167 e. The summed E-state index contributed by atoms with van der Waals surface area (Å²) in [5, 5.41) is 4.32. The number of fused-ring (bicyclic) bond motifs is 6. The molecule has 0 aliphatic heterocycles. The van der Waals surface area contributed by atoms with E-state index in [1.165, 1.54) is 44.1 Å². The molecule has 48 heavy (non-hydrogen) atoms. The lowest BCUT2D eigenvalue weighted by molar-refractivity contribution is -0.00518. The van der Waals surface area contributed by atoms with Crippen LogP contribution in [0.25, 0.3) is 78.0 Å². The lowest BCUT2D eigenvalue weighted by atomic mass is 9.48. The van der Waals surface area contributed by atoms with Crippen molar-refractivity contribution in [2.45, 2.75) is 43.9 Å². The molecule has 4 saturated carbocycles. The summed E-state index contributed by atoms with van der Waals surface area (Å²) in [4.78, 5) is 15.3. The van der Waals surface area contributed by atoms with E-state index in [1.807, 2.05) is 42.5 Å². The summed E-state index contributed by atoms with van der Waals surface area (Å²) >= 11 is 0. The lowest BCUT2D eigenvalue weighted by Gasteiger charge is -2.57. The average Bonchev–Trinajstić information content (AvgIpc) is 3.69. The van der Waals surface area contributed by atoms with Gasteiger partial charge in [-0.05, 0) is 97.6 Å². The minimum absolute atomic E-state index is 0.349. The molecule has 4 fully saturated rings. The van der Waals surface area contributed by atoms with Crippen molar-refractivity contribution >= 4 is 43.9 Å². The Labute approximate surface area is 277 Å². The Morgan fingerprint density at radius 3 is 1.77 bits per heavy atom. The number of furan rings is 2. The van der Waals surface area contributed by atoms with Crippen molar-refractivity contribution in [3.8, 4) is 34.2 Å². The van der Waals surface area contributed by atoms with E-state index in [9.17, 15) is 0 Å². The van der Waals surface area contributed by atoms with Crippen LogP contribution in [0.1, 0.15) is 44.1 Å². The Kier molecular flexibility index (Phi) is 5.50. The summed E-state index contributed by atoms with van der Waals surface area (Å²) in [6.07, 6.45) is 8.40. The first-order valence-corrected chi connectivity index (χ1v) is 17.4. The van der Waals surface area contributed by atoms with Crippen LogP contribution in [0.5, 0.6) is 0 Å². The molecule has 3 aromatic heterocycles. The molecular weight excluding hydrogens is 590 g/mol. The van der Waals surface area contributed by atoms with Gasteiger partial charge in [0.1, 0.15) is 22.3 Å². The smallest absolute Gasteiger partial charge is 0.167 e. The third kappa shape index (κ3) is 4.00. The van der Waals surface area contributed by atoms with Crippen LogP contribution in [-0.4, -0.2) is 15.0 Å². The fraction of sp³-hybridized carbons (Fsp3) is 0.233. The minimum Gasteiger partial charge on any atom is -0.456 e. The van der Waals surface area contributed by atoms with Gasteiger partial charge in [0, 0.05) is 32.7 Å². The Bertz CT molecular complexity index is 2520. The Hall–Kier alpha value is -5.29. The van der Waals surface area contributed by atoms with Crippen LogP contribution in [0, 0.1) is 17.8 Å². The van der Waals surface area contributed by atoms with Crippen LogP contribution in [0.15, 0.2) is 118 Å². The second-order valence-electron chi connectivity index (χ2n) is 14.7. The number of benzene rings is 5. The van der Waals surface area contributed by atoms with Gasteiger partial charge in [-0.2, -0.15) is 0 Å². The third-order valence-electron chi connectivity index (χ3n) is 11.7. The van der Waals surface area contributed by atoms with Gasteiger partial charge in [-0.15, -0.1) is 0 Å². The van der Waals surface area contributed by atoms with Crippen LogP contribution in [0.2, 0.25) is 0 Å². The molecule has 5 nitrogen and oxygen atoms in total. The predicted octanol–water partition coefficient (Wildman–Crippen LogP) is 11.1. The van der Waals surface area contributed by atoms with Gasteiger partial charge in [-0.3, -0.25) is 0 Å². The fourth-order valence-corrected chi connectivity index (χ4v) is 9.98. The van der Waals surface area contributed by atoms with Crippen molar-refractivity contribution in [2.24, 2.45) is 17.8 Å². The van der Waals surface area contributed by atoms with Gasteiger partial charge in [-0.1, -0.05) is 78.9 Å². The molecule has 0 amide bonds. The fourth-order valence-electron chi connectivity index (χ4n) is 9.98. The SMILES string of the molecule is c1ccc2c(c1)oc1cc(-c3nc(-c4ccc(C56CC7CC(CC(C7)C5)C6)cc4)nc(-c4cccc5c4oc4ccccc45)n3)ccc12.